The Kier molecular flexibility index (Phi) is 3.78. The molecule has 2 atom stereocenters. The van der Waals surface area contributed by atoms with Crippen LogP contribution >= 0.6 is 45.3 Å². The minimum Gasteiger partial charge on any atom is -0.205 e. The molecule has 0 nitrogen and oxygen atoms in total. The molecular formula is C21H19FS4. The lowest BCUT2D eigenvalue weighted by Crippen LogP contribution is -2.09. The minimum atomic E-state index is -0.0225. The summed E-state index contributed by atoms with van der Waals surface area (Å²) in [5.41, 5.74) is 2.98. The maximum Gasteiger partial charge on any atom is 0.145 e. The number of hydrogen-bond acceptors (Lipinski definition) is 4. The second-order valence-corrected chi connectivity index (χ2v) is 12.0. The first-order valence-corrected chi connectivity index (χ1v) is 12.1. The molecule has 0 bridgehead atoms. The molecule has 4 heterocycles. The quantitative estimate of drug-likeness (QED) is 0.291. The van der Waals surface area contributed by atoms with Crippen LogP contribution in [0.3, 0.4) is 0 Å². The molecule has 0 amide bonds. The van der Waals surface area contributed by atoms with Crippen LogP contribution in [-0.4, -0.2) is 0 Å². The fourth-order valence-corrected chi connectivity index (χ4v) is 9.22. The topological polar surface area (TPSA) is 0 Å². The van der Waals surface area contributed by atoms with Gasteiger partial charge in [0.1, 0.15) is 5.82 Å². The summed E-state index contributed by atoms with van der Waals surface area (Å²) >= 11 is 7.21. The third-order valence-electron chi connectivity index (χ3n) is 5.47. The van der Waals surface area contributed by atoms with E-state index in [1.165, 1.54) is 35.5 Å². The lowest BCUT2D eigenvalue weighted by atomic mass is 9.83. The van der Waals surface area contributed by atoms with Gasteiger partial charge in [0.25, 0.3) is 0 Å². The average molecular weight is 419 g/mol. The number of aryl methyl sites for hydroxylation is 3. The lowest BCUT2D eigenvalue weighted by molar-refractivity contribution is 0.636. The van der Waals surface area contributed by atoms with E-state index < -0.39 is 0 Å². The second-order valence-electron chi connectivity index (χ2n) is 7.21. The highest BCUT2D eigenvalue weighted by molar-refractivity contribution is 7.29. The van der Waals surface area contributed by atoms with Crippen molar-refractivity contribution >= 4 is 55.4 Å². The SMILES string of the molecule is Cc1cc2c(s1)C(C)c1cc(-c3sc(C)c4c(F)c(C)sc34)sc1C2C. The second kappa shape index (κ2) is 5.74. The van der Waals surface area contributed by atoms with E-state index in [2.05, 4.69) is 32.9 Å². The first-order chi connectivity index (χ1) is 12.4. The number of hydrogen-bond donors (Lipinski definition) is 0. The van der Waals surface area contributed by atoms with Gasteiger partial charge in [-0.2, -0.15) is 0 Å². The molecule has 5 heteroatoms. The van der Waals surface area contributed by atoms with Crippen LogP contribution in [0.2, 0.25) is 0 Å². The number of rotatable bonds is 1. The average Bonchev–Trinajstić information content (AvgIpc) is 3.32. The molecule has 0 spiro atoms. The van der Waals surface area contributed by atoms with Crippen molar-refractivity contribution in [1.29, 1.82) is 0 Å². The van der Waals surface area contributed by atoms with Gasteiger partial charge in [-0.25, -0.2) is 4.39 Å². The molecule has 0 radical (unpaired) electrons. The van der Waals surface area contributed by atoms with Gasteiger partial charge in [-0.05, 0) is 44.0 Å². The third-order valence-corrected chi connectivity index (χ3v) is 10.6. The van der Waals surface area contributed by atoms with Gasteiger partial charge in [0.05, 0.1) is 9.58 Å². The molecule has 0 aromatic carbocycles. The summed E-state index contributed by atoms with van der Waals surface area (Å²) < 4.78 is 15.6. The zero-order valence-corrected chi connectivity index (χ0v) is 18.6. The highest BCUT2D eigenvalue weighted by Gasteiger charge is 2.32. The molecule has 26 heavy (non-hydrogen) atoms. The van der Waals surface area contributed by atoms with Crippen LogP contribution in [0.5, 0.6) is 0 Å². The van der Waals surface area contributed by atoms with Crippen molar-refractivity contribution in [3.63, 3.8) is 0 Å². The molecule has 0 N–H and O–H groups in total. The summed E-state index contributed by atoms with van der Waals surface area (Å²) in [6.45, 7) is 10.8. The predicted molar refractivity (Wildman–Crippen MR) is 117 cm³/mol. The van der Waals surface area contributed by atoms with E-state index in [9.17, 15) is 4.39 Å². The number of fused-ring (bicyclic) bond motifs is 3. The Balaban J connectivity index is 1.70. The molecule has 4 aromatic rings. The van der Waals surface area contributed by atoms with E-state index >= 15 is 0 Å². The third kappa shape index (κ3) is 2.21. The molecule has 0 saturated carbocycles. The van der Waals surface area contributed by atoms with Crippen LogP contribution < -0.4 is 0 Å². The van der Waals surface area contributed by atoms with Crippen molar-refractivity contribution in [3.05, 3.63) is 53.5 Å². The van der Waals surface area contributed by atoms with Gasteiger partial charge >= 0.3 is 0 Å². The van der Waals surface area contributed by atoms with Crippen molar-refractivity contribution in [2.45, 2.75) is 46.5 Å². The van der Waals surface area contributed by atoms with Crippen LogP contribution in [-0.2, 0) is 0 Å². The summed E-state index contributed by atoms with van der Waals surface area (Å²) in [4.78, 5) is 8.89. The summed E-state index contributed by atoms with van der Waals surface area (Å²) in [6.07, 6.45) is 0. The Labute approximate surface area is 169 Å². The standard InChI is InChI=1S/C21H19FS4/c1-8-6-13-9(2)19-14(10(3)18(13)23-8)7-15(26-19)20-21-16(11(4)24-20)17(22)12(5)25-21/h6-7,9-10H,1-5H3. The van der Waals surface area contributed by atoms with E-state index in [1.54, 1.807) is 22.7 Å². The van der Waals surface area contributed by atoms with Crippen molar-refractivity contribution in [3.8, 4) is 9.75 Å². The van der Waals surface area contributed by atoms with Crippen LogP contribution in [0, 0.1) is 26.6 Å². The first-order valence-electron chi connectivity index (χ1n) is 8.79. The molecule has 134 valence electrons. The van der Waals surface area contributed by atoms with Crippen molar-refractivity contribution < 1.29 is 4.39 Å². The molecule has 1 aliphatic rings. The Morgan fingerprint density at radius 2 is 1.46 bits per heavy atom. The van der Waals surface area contributed by atoms with Crippen LogP contribution in [0.4, 0.5) is 4.39 Å². The Bertz CT molecular complexity index is 1120. The van der Waals surface area contributed by atoms with Crippen LogP contribution in [0.25, 0.3) is 19.8 Å². The van der Waals surface area contributed by atoms with Gasteiger partial charge in [-0.15, -0.1) is 45.3 Å². The largest absolute Gasteiger partial charge is 0.205 e. The summed E-state index contributed by atoms with van der Waals surface area (Å²) in [7, 11) is 0. The van der Waals surface area contributed by atoms with Crippen LogP contribution in [0.1, 0.15) is 61.2 Å². The molecule has 0 saturated heterocycles. The minimum absolute atomic E-state index is 0.0225. The molecule has 2 unspecified atom stereocenters. The Hall–Kier alpha value is -1.01. The molecular weight excluding hydrogens is 399 g/mol. The van der Waals surface area contributed by atoms with Gasteiger partial charge in [-0.3, -0.25) is 0 Å². The smallest absolute Gasteiger partial charge is 0.145 e. The molecule has 0 fully saturated rings. The van der Waals surface area contributed by atoms with Gasteiger partial charge < -0.3 is 0 Å². The number of thiophene rings is 4. The van der Waals surface area contributed by atoms with E-state index in [0.29, 0.717) is 11.8 Å². The van der Waals surface area contributed by atoms with Gasteiger partial charge in [-0.1, -0.05) is 13.8 Å². The van der Waals surface area contributed by atoms with Crippen molar-refractivity contribution in [1.82, 2.24) is 0 Å². The molecule has 4 aromatic heterocycles. The van der Waals surface area contributed by atoms with E-state index in [4.69, 9.17) is 0 Å². The molecule has 5 rings (SSSR count). The normalized spacial score (nSPS) is 19.2. The highest BCUT2D eigenvalue weighted by atomic mass is 32.1. The maximum atomic E-state index is 14.5. The van der Waals surface area contributed by atoms with E-state index in [-0.39, 0.29) is 5.82 Å². The fourth-order valence-electron chi connectivity index (χ4n) is 4.13. The number of halogens is 1. The summed E-state index contributed by atoms with van der Waals surface area (Å²) in [6, 6.07) is 4.76. The van der Waals surface area contributed by atoms with Gasteiger partial charge in [0.2, 0.25) is 0 Å². The fraction of sp³-hybridized carbons (Fsp3) is 0.333. The highest BCUT2D eigenvalue weighted by Crippen LogP contribution is 2.53. The lowest BCUT2D eigenvalue weighted by Gasteiger charge is -2.24. The first kappa shape index (κ1) is 17.1. The van der Waals surface area contributed by atoms with Gasteiger partial charge in [0.15, 0.2) is 0 Å². The summed E-state index contributed by atoms with van der Waals surface area (Å²) in [5, 5.41) is 0.842. The van der Waals surface area contributed by atoms with Crippen LogP contribution in [0.15, 0.2) is 12.1 Å². The van der Waals surface area contributed by atoms with Gasteiger partial charge in [0, 0.05) is 46.5 Å². The zero-order valence-electron chi connectivity index (χ0n) is 15.3. The molecule has 1 aliphatic carbocycles. The Morgan fingerprint density at radius 1 is 0.808 bits per heavy atom. The monoisotopic (exact) mass is 418 g/mol. The van der Waals surface area contributed by atoms with E-state index in [0.717, 1.165) is 19.8 Å². The zero-order chi connectivity index (χ0) is 18.3. The van der Waals surface area contributed by atoms with Crippen molar-refractivity contribution in [2.75, 3.05) is 0 Å². The summed E-state index contributed by atoms with van der Waals surface area (Å²) in [5.74, 6) is 0.891. The van der Waals surface area contributed by atoms with Crippen molar-refractivity contribution in [2.24, 2.45) is 0 Å². The maximum absolute atomic E-state index is 14.5. The van der Waals surface area contributed by atoms with E-state index in [1.807, 2.05) is 36.5 Å². The molecule has 0 aliphatic heterocycles. The Morgan fingerprint density at radius 3 is 2.19 bits per heavy atom. The predicted octanol–water partition coefficient (Wildman–Crippen LogP) is 8.43.